The van der Waals surface area contributed by atoms with Gasteiger partial charge in [0.25, 0.3) is 0 Å². The zero-order valence-electron chi connectivity index (χ0n) is 34.9. The van der Waals surface area contributed by atoms with Gasteiger partial charge in [0.1, 0.15) is 24.3 Å². The first kappa shape index (κ1) is 46.1. The molecule has 0 spiro atoms. The van der Waals surface area contributed by atoms with E-state index >= 15 is 0 Å². The molecule has 6 amide bonds. The van der Waals surface area contributed by atoms with Crippen LogP contribution in [0.15, 0.2) is 18.2 Å². The Labute approximate surface area is 341 Å². The Hall–Kier alpha value is -4.59. The number of amides is 6. The maximum atomic E-state index is 14.3. The maximum absolute atomic E-state index is 14.3. The molecule has 1 fully saturated rings. The minimum absolute atomic E-state index is 0.0168. The number of nitrogens with zero attached hydrogens (tertiary/aromatic N) is 5. The fourth-order valence-electron chi connectivity index (χ4n) is 6.67. The number of pyridine rings is 1. The van der Waals surface area contributed by atoms with Crippen LogP contribution in [0.25, 0.3) is 0 Å². The second kappa shape index (κ2) is 22.0. The Morgan fingerprint density at radius 2 is 1.05 bits per heavy atom. The molecule has 58 heavy (non-hydrogen) atoms. The van der Waals surface area contributed by atoms with Gasteiger partial charge in [-0.2, -0.15) is 0 Å². The van der Waals surface area contributed by atoms with Crippen molar-refractivity contribution in [2.24, 2.45) is 0 Å². The number of carbonyl (C=O) groups is 6. The summed E-state index contributed by atoms with van der Waals surface area (Å²) < 4.78 is 22.3. The summed E-state index contributed by atoms with van der Waals surface area (Å²) in [4.78, 5) is 94.1. The maximum Gasteiger partial charge on any atom is 0.408 e. The van der Waals surface area contributed by atoms with Gasteiger partial charge in [-0.25, -0.2) is 9.59 Å². The van der Waals surface area contributed by atoms with Crippen LogP contribution in [0.1, 0.15) is 77.9 Å². The molecule has 4 aliphatic heterocycles. The van der Waals surface area contributed by atoms with Crippen LogP contribution in [0.3, 0.4) is 0 Å². The second-order valence-electron chi connectivity index (χ2n) is 16.4. The van der Waals surface area contributed by atoms with E-state index in [2.05, 4.69) is 31.1 Å². The van der Waals surface area contributed by atoms with Crippen LogP contribution >= 0.6 is 0 Å². The third-order valence-corrected chi connectivity index (χ3v) is 9.37. The molecule has 19 nitrogen and oxygen atoms in total. The van der Waals surface area contributed by atoms with Crippen molar-refractivity contribution in [3.05, 3.63) is 29.6 Å². The number of hydrogen-bond acceptors (Lipinski definition) is 13. The van der Waals surface area contributed by atoms with Gasteiger partial charge >= 0.3 is 12.2 Å². The first-order valence-corrected chi connectivity index (χ1v) is 20.2. The second-order valence-corrected chi connectivity index (χ2v) is 16.4. The molecule has 5 heterocycles. The SMILES string of the molecule is CC(C)(C)OC(=O)NCC(=O)N1CCOCCOCCN(C(=O)CNC(=O)OC(C)(C)C)C2C(=O)NCCCN3CCN(CCCNC(=O)C1c1cccc2n1)CC3. The van der Waals surface area contributed by atoms with E-state index in [4.69, 9.17) is 23.9 Å². The lowest BCUT2D eigenvalue weighted by molar-refractivity contribution is -0.141. The monoisotopic (exact) mass is 817 g/mol. The van der Waals surface area contributed by atoms with Crippen molar-refractivity contribution in [1.82, 2.24) is 45.9 Å². The van der Waals surface area contributed by atoms with Crippen molar-refractivity contribution in [3.63, 3.8) is 0 Å². The molecule has 19 heteroatoms. The van der Waals surface area contributed by atoms with Crippen LogP contribution in [0, 0.1) is 0 Å². The van der Waals surface area contributed by atoms with Crippen molar-refractivity contribution >= 4 is 35.8 Å². The highest BCUT2D eigenvalue weighted by atomic mass is 16.6. The number of rotatable bonds is 4. The lowest BCUT2D eigenvalue weighted by atomic mass is 10.1. The molecule has 1 aromatic heterocycles. The largest absolute Gasteiger partial charge is 0.444 e. The summed E-state index contributed by atoms with van der Waals surface area (Å²) in [5.74, 6) is -2.28. The molecule has 2 unspecified atom stereocenters. The lowest BCUT2D eigenvalue weighted by Crippen LogP contribution is -2.50. The first-order chi connectivity index (χ1) is 27.5. The summed E-state index contributed by atoms with van der Waals surface area (Å²) >= 11 is 0. The van der Waals surface area contributed by atoms with Gasteiger partial charge in [-0.1, -0.05) is 6.07 Å². The molecule has 6 bridgehead atoms. The highest BCUT2D eigenvalue weighted by Gasteiger charge is 2.37. The lowest BCUT2D eigenvalue weighted by Gasteiger charge is -2.35. The molecule has 4 N–H and O–H groups in total. The topological polar surface area (TPSA) is 213 Å². The minimum Gasteiger partial charge on any atom is -0.444 e. The molecule has 0 saturated carbocycles. The number of fused-ring (bicyclic) bond motifs is 10. The summed E-state index contributed by atoms with van der Waals surface area (Å²) in [7, 11) is 0. The molecule has 0 radical (unpaired) electrons. The first-order valence-electron chi connectivity index (χ1n) is 20.2. The molecule has 324 valence electrons. The average Bonchev–Trinajstić information content (AvgIpc) is 3.15. The van der Waals surface area contributed by atoms with E-state index in [1.54, 1.807) is 59.7 Å². The molecule has 5 rings (SSSR count). The van der Waals surface area contributed by atoms with Crippen molar-refractivity contribution < 1.29 is 47.7 Å². The molecule has 2 atom stereocenters. The van der Waals surface area contributed by atoms with Gasteiger partial charge in [0.05, 0.1) is 37.8 Å². The highest BCUT2D eigenvalue weighted by Crippen LogP contribution is 2.26. The predicted octanol–water partition coefficient (Wildman–Crippen LogP) is 0.561. The van der Waals surface area contributed by atoms with Gasteiger partial charge in [0.15, 0.2) is 12.1 Å². The Kier molecular flexibility index (Phi) is 17.5. The highest BCUT2D eigenvalue weighted by molar-refractivity contribution is 5.91. The summed E-state index contributed by atoms with van der Waals surface area (Å²) in [6, 6.07) is 2.09. The van der Waals surface area contributed by atoms with Crippen LogP contribution in [0.4, 0.5) is 9.59 Å². The number of ether oxygens (including phenoxy) is 4. The van der Waals surface area contributed by atoms with Gasteiger partial charge in [-0.3, -0.25) is 24.2 Å². The number of alkyl carbamates (subject to hydrolysis) is 2. The fourth-order valence-corrected chi connectivity index (χ4v) is 6.67. The van der Waals surface area contributed by atoms with Crippen LogP contribution < -0.4 is 21.3 Å². The number of nitrogens with one attached hydrogen (secondary N) is 4. The Morgan fingerprint density at radius 3 is 1.43 bits per heavy atom. The zero-order chi connectivity index (χ0) is 42.3. The molecular formula is C39H63N9O10. The van der Waals surface area contributed by atoms with Gasteiger partial charge in [0.2, 0.25) is 23.6 Å². The molecular weight excluding hydrogens is 754 g/mol. The third-order valence-electron chi connectivity index (χ3n) is 9.37. The van der Waals surface area contributed by atoms with E-state index in [-0.39, 0.29) is 50.9 Å². The smallest absolute Gasteiger partial charge is 0.408 e. The summed E-state index contributed by atoms with van der Waals surface area (Å²) in [5, 5.41) is 11.0. The van der Waals surface area contributed by atoms with Gasteiger partial charge < -0.3 is 59.8 Å². The van der Waals surface area contributed by atoms with E-state index in [0.29, 0.717) is 25.9 Å². The molecule has 0 aromatic carbocycles. The fraction of sp³-hybridized carbons (Fsp3) is 0.718. The summed E-state index contributed by atoms with van der Waals surface area (Å²) in [5.41, 5.74) is -1.38. The zero-order valence-corrected chi connectivity index (χ0v) is 34.9. The van der Waals surface area contributed by atoms with Crippen LogP contribution in [-0.4, -0.2) is 177 Å². The van der Waals surface area contributed by atoms with E-state index < -0.39 is 72.2 Å². The summed E-state index contributed by atoms with van der Waals surface area (Å²) in [6.45, 7) is 15.0. The van der Waals surface area contributed by atoms with Gasteiger partial charge in [-0.15, -0.1) is 0 Å². The van der Waals surface area contributed by atoms with Crippen LogP contribution in [-0.2, 0) is 38.1 Å². The molecule has 1 saturated heterocycles. The number of carbonyl (C=O) groups excluding carboxylic acids is 6. The van der Waals surface area contributed by atoms with E-state index in [1.165, 1.54) is 9.80 Å². The number of aromatic nitrogens is 1. The Balaban J connectivity index is 1.77. The summed E-state index contributed by atoms with van der Waals surface area (Å²) in [6.07, 6.45) is -0.285. The average molecular weight is 818 g/mol. The van der Waals surface area contributed by atoms with Crippen molar-refractivity contribution in [3.8, 4) is 0 Å². The number of piperazine rings is 1. The Morgan fingerprint density at radius 1 is 0.655 bits per heavy atom. The van der Waals surface area contributed by atoms with Gasteiger partial charge in [0, 0.05) is 52.4 Å². The van der Waals surface area contributed by atoms with E-state index in [0.717, 1.165) is 39.3 Å². The van der Waals surface area contributed by atoms with Crippen LogP contribution in [0.2, 0.25) is 0 Å². The van der Waals surface area contributed by atoms with Crippen molar-refractivity contribution in [2.45, 2.75) is 77.7 Å². The van der Waals surface area contributed by atoms with E-state index in [9.17, 15) is 28.8 Å². The van der Waals surface area contributed by atoms with Gasteiger partial charge in [-0.05, 0) is 79.6 Å². The molecule has 4 aliphatic rings. The van der Waals surface area contributed by atoms with Crippen molar-refractivity contribution in [1.29, 1.82) is 0 Å². The quantitative estimate of drug-likeness (QED) is 0.328. The standard InChI is InChI=1S/C39H63N9O10/c1-38(2,3)57-36(53)42-26-30(49)47-20-22-55-24-25-56-23-21-48(31(50)27-43-37(54)58-39(4,5)6)33-29-11-7-10-28(44-29)32(47)34(51)40-12-8-14-45-16-18-46(19-17-45)15-9-13-41-35(33)52/h7,10-11,32-33H,8-9,12-27H2,1-6H3,(H,40,51)(H,41,52)(H,42,53)(H,43,54). The normalized spacial score (nSPS) is 23.5. The third kappa shape index (κ3) is 15.3. The minimum atomic E-state index is -1.33. The van der Waals surface area contributed by atoms with Crippen molar-refractivity contribution in [2.75, 3.05) is 105 Å². The number of hydrogen-bond donors (Lipinski definition) is 4. The molecule has 0 aliphatic carbocycles. The Bertz CT molecular complexity index is 1450. The van der Waals surface area contributed by atoms with Crippen LogP contribution in [0.5, 0.6) is 0 Å². The van der Waals surface area contributed by atoms with E-state index in [1.807, 2.05) is 0 Å². The predicted molar refractivity (Wildman–Crippen MR) is 211 cm³/mol. The molecule has 1 aromatic rings.